The summed E-state index contributed by atoms with van der Waals surface area (Å²) in [6, 6.07) is 15.0. The number of amidine groups is 1. The molecule has 3 amide bonds. The van der Waals surface area contributed by atoms with Crippen LogP contribution >= 0.6 is 0 Å². The molecule has 29 heavy (non-hydrogen) atoms. The van der Waals surface area contributed by atoms with Gasteiger partial charge in [-0.15, -0.1) is 5.75 Å². The Kier molecular flexibility index (Phi) is 3.53. The summed E-state index contributed by atoms with van der Waals surface area (Å²) in [5.41, 5.74) is 2.52. The maximum absolute atomic E-state index is 12.9. The molecule has 8 nitrogen and oxygen atoms in total. The molecule has 0 saturated carbocycles. The Morgan fingerprint density at radius 1 is 0.931 bits per heavy atom. The summed E-state index contributed by atoms with van der Waals surface area (Å²) < 4.78 is 4.66. The van der Waals surface area contributed by atoms with Gasteiger partial charge in [0, 0.05) is 12.6 Å². The highest BCUT2D eigenvalue weighted by molar-refractivity contribution is 6.27. The Balaban J connectivity index is 1.69. The molecule has 5 rings (SSSR count). The summed E-state index contributed by atoms with van der Waals surface area (Å²) >= 11 is 0. The van der Waals surface area contributed by atoms with Gasteiger partial charge in [0.15, 0.2) is 0 Å². The van der Waals surface area contributed by atoms with Crippen LogP contribution in [0.5, 0.6) is 5.75 Å². The van der Waals surface area contributed by atoms with Crippen molar-refractivity contribution in [2.45, 2.75) is 6.04 Å². The van der Waals surface area contributed by atoms with E-state index in [1.807, 2.05) is 41.4 Å². The van der Waals surface area contributed by atoms with Crippen LogP contribution in [0.4, 0.5) is 10.5 Å². The highest BCUT2D eigenvalue weighted by Crippen LogP contribution is 2.36. The lowest BCUT2D eigenvalue weighted by atomic mass is 10.1. The molecule has 1 fully saturated rings. The molecule has 0 aliphatic carbocycles. The van der Waals surface area contributed by atoms with Gasteiger partial charge >= 0.3 is 17.8 Å². The molecule has 0 radical (unpaired) electrons. The number of nitrogens with zero attached hydrogens (tertiary/aromatic N) is 5. The number of benzene rings is 2. The van der Waals surface area contributed by atoms with E-state index in [2.05, 4.69) is 4.67 Å². The summed E-state index contributed by atoms with van der Waals surface area (Å²) in [7, 11) is 3.08. The number of carbonyl (C=O) groups is 2. The number of anilines is 1. The van der Waals surface area contributed by atoms with Crippen LogP contribution in [0, 0.1) is 0 Å². The van der Waals surface area contributed by atoms with E-state index in [1.54, 1.807) is 24.1 Å². The number of imide groups is 1. The van der Waals surface area contributed by atoms with Gasteiger partial charge in [0.1, 0.15) is 5.70 Å². The molecular formula is C21H17N5O3. The second-order valence-electron chi connectivity index (χ2n) is 7.03. The smallest absolute Gasteiger partial charge is 0.415 e. The van der Waals surface area contributed by atoms with Crippen molar-refractivity contribution in [3.63, 3.8) is 0 Å². The van der Waals surface area contributed by atoms with Gasteiger partial charge in [0.05, 0.1) is 18.9 Å². The van der Waals surface area contributed by atoms with E-state index in [-0.39, 0.29) is 11.7 Å². The molecule has 2 aromatic carbocycles. The minimum Gasteiger partial charge on any atom is -0.872 e. The molecule has 0 N–H and O–H groups in total. The topological polar surface area (TPSA) is 84.3 Å². The molecule has 0 spiro atoms. The molecule has 3 aliphatic rings. The summed E-state index contributed by atoms with van der Waals surface area (Å²) in [4.78, 5) is 31.4. The normalized spacial score (nSPS) is 20.5. The Morgan fingerprint density at radius 3 is 2.31 bits per heavy atom. The van der Waals surface area contributed by atoms with Gasteiger partial charge in [0.2, 0.25) is 6.04 Å². The van der Waals surface area contributed by atoms with Crippen molar-refractivity contribution in [2.75, 3.05) is 19.0 Å². The number of carbonyl (C=O) groups excluding carboxylic acids is 2. The second-order valence-corrected chi connectivity index (χ2v) is 7.03. The van der Waals surface area contributed by atoms with Gasteiger partial charge in [-0.25, -0.2) is 24.2 Å². The average molecular weight is 387 g/mol. The number of fused-ring (bicyclic) bond motifs is 3. The van der Waals surface area contributed by atoms with Crippen LogP contribution < -0.4 is 14.7 Å². The quantitative estimate of drug-likeness (QED) is 0.705. The van der Waals surface area contributed by atoms with Crippen molar-refractivity contribution in [1.29, 1.82) is 0 Å². The number of hydrogen-bond donors (Lipinski definition) is 0. The number of amides is 3. The van der Waals surface area contributed by atoms with Crippen LogP contribution in [-0.4, -0.2) is 58.6 Å². The fourth-order valence-corrected chi connectivity index (χ4v) is 3.81. The number of rotatable bonds is 2. The molecule has 8 heteroatoms. The zero-order valence-corrected chi connectivity index (χ0v) is 15.8. The number of likely N-dealkylation sites (N-methyl/N-ethyl adjacent to an activating group) is 2. The molecule has 1 saturated heterocycles. The van der Waals surface area contributed by atoms with Crippen LogP contribution in [0.15, 0.2) is 60.8 Å². The van der Waals surface area contributed by atoms with Crippen molar-refractivity contribution in [1.82, 2.24) is 19.4 Å². The van der Waals surface area contributed by atoms with Crippen LogP contribution in [0.25, 0.3) is 5.70 Å². The highest BCUT2D eigenvalue weighted by atomic mass is 16.3. The summed E-state index contributed by atoms with van der Waals surface area (Å²) in [5, 5.41) is 11.6. The fraction of sp³-hybridized carbons (Fsp3) is 0.143. The molecule has 0 aromatic heterocycles. The largest absolute Gasteiger partial charge is 0.872 e. The molecule has 0 bridgehead atoms. The molecule has 1 unspecified atom stereocenters. The Bertz CT molecular complexity index is 1130. The summed E-state index contributed by atoms with van der Waals surface area (Å²) in [6.07, 6.45) is 1.87. The molecule has 1 atom stereocenters. The third kappa shape index (κ3) is 2.36. The van der Waals surface area contributed by atoms with Crippen molar-refractivity contribution in [2.24, 2.45) is 0 Å². The summed E-state index contributed by atoms with van der Waals surface area (Å²) in [6.45, 7) is 0. The van der Waals surface area contributed by atoms with Crippen LogP contribution in [-0.2, 0) is 4.79 Å². The second kappa shape index (κ2) is 5.98. The van der Waals surface area contributed by atoms with E-state index >= 15 is 0 Å². The molecular weight excluding hydrogens is 370 g/mol. The van der Waals surface area contributed by atoms with E-state index in [0.29, 0.717) is 11.8 Å². The number of guanidine groups is 1. The first-order chi connectivity index (χ1) is 14.0. The minimum atomic E-state index is -0.708. The van der Waals surface area contributed by atoms with Gasteiger partial charge in [-0.05, 0) is 12.1 Å². The van der Waals surface area contributed by atoms with Crippen molar-refractivity contribution >= 4 is 35.1 Å². The van der Waals surface area contributed by atoms with E-state index < -0.39 is 12.1 Å². The first-order valence-electron chi connectivity index (χ1n) is 9.11. The predicted molar refractivity (Wildman–Crippen MR) is 106 cm³/mol. The van der Waals surface area contributed by atoms with Gasteiger partial charge in [-0.3, -0.25) is 9.69 Å². The van der Waals surface area contributed by atoms with Crippen LogP contribution in [0.3, 0.4) is 0 Å². The Labute approximate surface area is 166 Å². The lowest BCUT2D eigenvalue weighted by Crippen LogP contribution is -2.62. The van der Waals surface area contributed by atoms with Gasteiger partial charge in [0.25, 0.3) is 5.91 Å². The molecule has 2 aromatic rings. The molecule has 3 heterocycles. The average Bonchev–Trinajstić information content (AvgIpc) is 3.28. The van der Waals surface area contributed by atoms with E-state index in [0.717, 1.165) is 21.8 Å². The van der Waals surface area contributed by atoms with Crippen molar-refractivity contribution in [3.05, 3.63) is 66.4 Å². The van der Waals surface area contributed by atoms with E-state index in [4.69, 9.17) is 0 Å². The Hall–Kier alpha value is -4.03. The monoisotopic (exact) mass is 387 g/mol. The zero-order valence-electron chi connectivity index (χ0n) is 15.8. The predicted octanol–water partition coefficient (Wildman–Crippen LogP) is 0.608. The minimum absolute atomic E-state index is 0.0893. The molecule has 3 aliphatic heterocycles. The molecule has 144 valence electrons. The Morgan fingerprint density at radius 2 is 1.62 bits per heavy atom. The highest BCUT2D eigenvalue weighted by Gasteiger charge is 2.58. The van der Waals surface area contributed by atoms with E-state index in [9.17, 15) is 14.7 Å². The first-order valence-corrected chi connectivity index (χ1v) is 9.11. The van der Waals surface area contributed by atoms with Gasteiger partial charge in [-0.2, -0.15) is 0 Å². The lowest BCUT2D eigenvalue weighted by molar-refractivity contribution is -0.268. The van der Waals surface area contributed by atoms with Crippen LogP contribution in [0.2, 0.25) is 0 Å². The van der Waals surface area contributed by atoms with Crippen LogP contribution in [0.1, 0.15) is 5.56 Å². The number of hydrogen-bond acceptors (Lipinski definition) is 5. The van der Waals surface area contributed by atoms with Gasteiger partial charge < -0.3 is 5.11 Å². The van der Waals surface area contributed by atoms with Crippen molar-refractivity contribution < 1.29 is 14.7 Å². The zero-order chi connectivity index (χ0) is 20.3. The van der Waals surface area contributed by atoms with Crippen molar-refractivity contribution in [3.8, 4) is 5.75 Å². The maximum Gasteiger partial charge on any atom is 0.415 e. The first kappa shape index (κ1) is 17.1. The lowest BCUT2D eigenvalue weighted by Gasteiger charge is -2.30. The third-order valence-corrected chi connectivity index (χ3v) is 5.32. The summed E-state index contributed by atoms with van der Waals surface area (Å²) in [5.74, 6) is 0.489. The van der Waals surface area contributed by atoms with E-state index in [1.165, 1.54) is 24.1 Å². The standard InChI is InChI=1S/C21H17N5O3/c1-23-18-17(19(28)24(2)21(23)29)25-12-16(13-6-4-3-5-7-13)26(20(25)22-18)14-8-10-15(27)11-9-14/h3-12,17H,1-2H3. The maximum atomic E-state index is 12.9. The fourth-order valence-electron chi connectivity index (χ4n) is 3.81. The SMILES string of the molecule is CN1C(=O)C2C(=[N+]=C3N(c4ccc([O-])cc4)C(c4ccccc4)=CN32)N(C)C1=O. The number of urea groups is 1. The third-order valence-electron chi connectivity index (χ3n) is 5.32. The van der Waals surface area contributed by atoms with Gasteiger partial charge in [-0.1, -0.05) is 42.5 Å².